The smallest absolute Gasteiger partial charge is 0.285 e. The normalized spacial score (nSPS) is 18.6. The van der Waals surface area contributed by atoms with Crippen molar-refractivity contribution in [2.45, 2.75) is 11.3 Å². The molecular formula is C15H12N2O2S. The van der Waals surface area contributed by atoms with E-state index in [0.717, 1.165) is 18.7 Å². The van der Waals surface area contributed by atoms with Gasteiger partial charge in [0.05, 0.1) is 0 Å². The quantitative estimate of drug-likeness (QED) is 0.745. The molecule has 20 heavy (non-hydrogen) atoms. The Bertz CT molecular complexity index is 840. The van der Waals surface area contributed by atoms with E-state index >= 15 is 0 Å². The zero-order valence-electron chi connectivity index (χ0n) is 10.7. The van der Waals surface area contributed by atoms with Crippen molar-refractivity contribution in [1.29, 1.82) is 0 Å². The molecule has 2 heterocycles. The second-order valence-electron chi connectivity index (χ2n) is 4.92. The van der Waals surface area contributed by atoms with E-state index in [-0.39, 0.29) is 0 Å². The summed E-state index contributed by atoms with van der Waals surface area (Å²) in [6, 6.07) is 15.1. The van der Waals surface area contributed by atoms with E-state index in [0.29, 0.717) is 16.3 Å². The Morgan fingerprint density at radius 2 is 1.75 bits per heavy atom. The average molecular weight is 284 g/mol. The first-order chi connectivity index (χ1) is 9.67. The van der Waals surface area contributed by atoms with E-state index in [9.17, 15) is 8.42 Å². The molecule has 4 nitrogen and oxygen atoms in total. The summed E-state index contributed by atoms with van der Waals surface area (Å²) in [6.07, 6.45) is 0.914. The summed E-state index contributed by atoms with van der Waals surface area (Å²) < 4.78 is 28.2. The number of benzene rings is 2. The van der Waals surface area contributed by atoms with Crippen LogP contribution in [-0.2, 0) is 16.4 Å². The van der Waals surface area contributed by atoms with Crippen molar-refractivity contribution < 1.29 is 8.42 Å². The van der Waals surface area contributed by atoms with Gasteiger partial charge < -0.3 is 4.90 Å². The van der Waals surface area contributed by atoms with Crippen molar-refractivity contribution in [3.63, 3.8) is 0 Å². The number of sulfonamides is 1. The number of anilines is 1. The Balaban J connectivity index is 1.90. The van der Waals surface area contributed by atoms with Gasteiger partial charge in [0.2, 0.25) is 0 Å². The fourth-order valence-electron chi connectivity index (χ4n) is 2.84. The maximum absolute atomic E-state index is 12.1. The number of fused-ring (bicyclic) bond motifs is 2. The first-order valence-electron chi connectivity index (χ1n) is 6.47. The highest BCUT2D eigenvalue weighted by Crippen LogP contribution is 2.34. The molecule has 2 aromatic rings. The molecular weight excluding hydrogens is 272 g/mol. The SMILES string of the molecule is O=S1(=O)N=C(N2CCc3ccccc32)c2ccccc21. The van der Waals surface area contributed by atoms with Gasteiger partial charge in [-0.3, -0.25) is 0 Å². The van der Waals surface area contributed by atoms with Crippen LogP contribution in [0.4, 0.5) is 5.69 Å². The Hall–Kier alpha value is -2.14. The van der Waals surface area contributed by atoms with Crippen molar-refractivity contribution in [2.75, 3.05) is 11.4 Å². The number of rotatable bonds is 0. The second-order valence-corrected chi connectivity index (χ2v) is 6.49. The van der Waals surface area contributed by atoms with E-state index in [1.54, 1.807) is 12.1 Å². The van der Waals surface area contributed by atoms with Gasteiger partial charge in [-0.2, -0.15) is 8.42 Å². The van der Waals surface area contributed by atoms with Crippen LogP contribution in [0, 0.1) is 0 Å². The fraction of sp³-hybridized carbons (Fsp3) is 0.133. The largest absolute Gasteiger partial charge is 0.325 e. The van der Waals surface area contributed by atoms with Gasteiger partial charge in [-0.25, -0.2) is 0 Å². The zero-order valence-corrected chi connectivity index (χ0v) is 11.5. The van der Waals surface area contributed by atoms with E-state index in [4.69, 9.17) is 0 Å². The molecule has 0 N–H and O–H groups in total. The van der Waals surface area contributed by atoms with Crippen LogP contribution in [0.2, 0.25) is 0 Å². The standard InChI is InChI=1S/C15H12N2O2S/c18-20(19)14-8-4-2-6-12(14)15(16-20)17-10-9-11-5-1-3-7-13(11)17/h1-8H,9-10H2. The first kappa shape index (κ1) is 11.7. The number of amidine groups is 1. The van der Waals surface area contributed by atoms with Crippen LogP contribution in [0.25, 0.3) is 0 Å². The highest BCUT2D eigenvalue weighted by Gasteiger charge is 2.34. The van der Waals surface area contributed by atoms with Gasteiger partial charge in [-0.1, -0.05) is 30.3 Å². The molecule has 0 saturated heterocycles. The third-order valence-corrected chi connectivity index (χ3v) is 5.08. The van der Waals surface area contributed by atoms with Gasteiger partial charge >= 0.3 is 0 Å². The van der Waals surface area contributed by atoms with Gasteiger partial charge in [0, 0.05) is 17.8 Å². The third-order valence-electron chi connectivity index (χ3n) is 3.76. The highest BCUT2D eigenvalue weighted by molar-refractivity contribution is 7.90. The second kappa shape index (κ2) is 3.93. The molecule has 0 atom stereocenters. The minimum absolute atomic E-state index is 0.305. The van der Waals surface area contributed by atoms with Crippen molar-refractivity contribution in [2.24, 2.45) is 4.40 Å². The van der Waals surface area contributed by atoms with Crippen molar-refractivity contribution in [3.05, 3.63) is 59.7 Å². The van der Waals surface area contributed by atoms with Gasteiger partial charge in [-0.05, 0) is 30.2 Å². The molecule has 0 aliphatic carbocycles. The van der Waals surface area contributed by atoms with Gasteiger partial charge in [-0.15, -0.1) is 4.40 Å². The van der Waals surface area contributed by atoms with Gasteiger partial charge in [0.25, 0.3) is 10.0 Å². The predicted molar refractivity (Wildman–Crippen MR) is 77.7 cm³/mol. The lowest BCUT2D eigenvalue weighted by molar-refractivity contribution is 0.599. The van der Waals surface area contributed by atoms with E-state index in [2.05, 4.69) is 10.5 Å². The van der Waals surface area contributed by atoms with Gasteiger partial charge in [0.1, 0.15) is 4.90 Å². The Labute approximate surface area is 117 Å². The fourth-order valence-corrected chi connectivity index (χ4v) is 4.05. The molecule has 0 fully saturated rings. The third kappa shape index (κ3) is 1.53. The van der Waals surface area contributed by atoms with Crippen LogP contribution in [0.15, 0.2) is 57.8 Å². The summed E-state index contributed by atoms with van der Waals surface area (Å²) in [5, 5.41) is 0. The molecule has 0 saturated carbocycles. The summed E-state index contributed by atoms with van der Waals surface area (Å²) in [4.78, 5) is 2.30. The van der Waals surface area contributed by atoms with Crippen LogP contribution in [0.5, 0.6) is 0 Å². The summed E-state index contributed by atoms with van der Waals surface area (Å²) in [5.74, 6) is 0.547. The monoisotopic (exact) mass is 284 g/mol. The summed E-state index contributed by atoms with van der Waals surface area (Å²) >= 11 is 0. The van der Waals surface area contributed by atoms with Crippen molar-refractivity contribution in [3.8, 4) is 0 Å². The van der Waals surface area contributed by atoms with Crippen LogP contribution in [0.3, 0.4) is 0 Å². The molecule has 2 aromatic carbocycles. The van der Waals surface area contributed by atoms with E-state index < -0.39 is 10.0 Å². The topological polar surface area (TPSA) is 49.7 Å². The average Bonchev–Trinajstić information content (AvgIpc) is 2.99. The maximum atomic E-state index is 12.1. The summed E-state index contributed by atoms with van der Waals surface area (Å²) in [6.45, 7) is 0.766. The number of para-hydroxylation sites is 1. The van der Waals surface area contributed by atoms with Crippen molar-refractivity contribution >= 4 is 21.5 Å². The van der Waals surface area contributed by atoms with Crippen LogP contribution < -0.4 is 4.90 Å². The molecule has 0 amide bonds. The van der Waals surface area contributed by atoms with E-state index in [1.807, 2.05) is 35.2 Å². The molecule has 100 valence electrons. The van der Waals surface area contributed by atoms with Crippen molar-refractivity contribution in [1.82, 2.24) is 0 Å². The number of nitrogens with zero attached hydrogens (tertiary/aromatic N) is 2. The lowest BCUT2D eigenvalue weighted by Gasteiger charge is -2.19. The molecule has 0 aromatic heterocycles. The van der Waals surface area contributed by atoms with Crippen LogP contribution >= 0.6 is 0 Å². The maximum Gasteiger partial charge on any atom is 0.285 e. The molecule has 0 radical (unpaired) electrons. The number of hydrogen-bond acceptors (Lipinski definition) is 3. The number of hydrogen-bond donors (Lipinski definition) is 0. The lowest BCUT2D eigenvalue weighted by Crippen LogP contribution is -2.28. The van der Waals surface area contributed by atoms with Crippen LogP contribution in [0.1, 0.15) is 11.1 Å². The predicted octanol–water partition coefficient (Wildman–Crippen LogP) is 2.20. The molecule has 4 rings (SSSR count). The van der Waals surface area contributed by atoms with E-state index in [1.165, 1.54) is 5.56 Å². The first-order valence-corrected chi connectivity index (χ1v) is 7.91. The molecule has 0 unspecified atom stereocenters. The molecule has 0 spiro atoms. The highest BCUT2D eigenvalue weighted by atomic mass is 32.2. The van der Waals surface area contributed by atoms with Gasteiger partial charge in [0.15, 0.2) is 5.84 Å². The zero-order chi connectivity index (χ0) is 13.7. The molecule has 5 heteroatoms. The molecule has 0 bridgehead atoms. The Morgan fingerprint density at radius 1 is 1.00 bits per heavy atom. The minimum Gasteiger partial charge on any atom is -0.325 e. The molecule has 2 aliphatic heterocycles. The van der Waals surface area contributed by atoms with Crippen LogP contribution in [-0.4, -0.2) is 20.8 Å². The Morgan fingerprint density at radius 3 is 2.65 bits per heavy atom. The summed E-state index contributed by atoms with van der Waals surface area (Å²) in [5.41, 5.74) is 2.99. The minimum atomic E-state index is -3.55. The summed E-state index contributed by atoms with van der Waals surface area (Å²) in [7, 11) is -3.55. The molecule has 2 aliphatic rings. The lowest BCUT2D eigenvalue weighted by atomic mass is 10.1. The Kier molecular flexibility index (Phi) is 2.29.